The van der Waals surface area contributed by atoms with Gasteiger partial charge >= 0.3 is 0 Å². The van der Waals surface area contributed by atoms with Gasteiger partial charge in [-0.15, -0.1) is 0 Å². The van der Waals surface area contributed by atoms with E-state index in [9.17, 15) is 0 Å². The van der Waals surface area contributed by atoms with Crippen molar-refractivity contribution in [2.75, 3.05) is 55.4 Å². The van der Waals surface area contributed by atoms with Gasteiger partial charge in [0, 0.05) is 66.9 Å². The second kappa shape index (κ2) is 18.5. The second-order valence-electron chi connectivity index (χ2n) is 15.8. The van der Waals surface area contributed by atoms with Crippen LogP contribution in [-0.2, 0) is 5.41 Å². The standard InChI is InChI=1S/C13H26N2.C13H20N2.C12H25N3/c2*1-13(2,3)11-8-6-10(7-9-11)12(14-4)15-5;1-12(2,3)10-6-8-15(9-7-10)11(13-4)14-5/h10-11H,6-9H2,1-5H3,(H,14,15);6-9H,1-5H3,(H,14,15);10H,6-9H2,1-5H3,(H,13,14). The zero-order chi connectivity index (χ0) is 34.4. The van der Waals surface area contributed by atoms with E-state index in [1.54, 1.807) is 7.05 Å². The number of rotatable bonds is 2. The molecule has 1 heterocycles. The van der Waals surface area contributed by atoms with Crippen LogP contribution in [0, 0.1) is 28.6 Å². The average molecular weight is 626 g/mol. The molecule has 258 valence electrons. The lowest BCUT2D eigenvalue weighted by Crippen LogP contribution is -2.46. The Kier molecular flexibility index (Phi) is 16.7. The molecule has 1 aromatic rings. The topological polar surface area (TPSA) is 76.4 Å². The van der Waals surface area contributed by atoms with Gasteiger partial charge < -0.3 is 20.9 Å². The lowest BCUT2D eigenvalue weighted by Gasteiger charge is -2.39. The summed E-state index contributed by atoms with van der Waals surface area (Å²) in [6.45, 7) is 23.1. The number of hydrogen-bond acceptors (Lipinski definition) is 3. The highest BCUT2D eigenvalue weighted by atomic mass is 15.3. The Bertz CT molecular complexity index is 999. The molecule has 0 spiro atoms. The third-order valence-electron chi connectivity index (χ3n) is 9.78. The zero-order valence-corrected chi connectivity index (χ0v) is 32.0. The van der Waals surface area contributed by atoms with Crippen molar-refractivity contribution in [2.24, 2.45) is 43.6 Å². The summed E-state index contributed by atoms with van der Waals surface area (Å²) in [5, 5.41) is 9.45. The van der Waals surface area contributed by atoms with Crippen molar-refractivity contribution < 1.29 is 0 Å². The Balaban J connectivity index is 0.000000337. The molecule has 0 aromatic heterocycles. The van der Waals surface area contributed by atoms with Crippen LogP contribution in [0.2, 0.25) is 0 Å². The van der Waals surface area contributed by atoms with Crippen molar-refractivity contribution in [3.63, 3.8) is 0 Å². The number of aliphatic imine (C=N–C) groups is 3. The van der Waals surface area contributed by atoms with Gasteiger partial charge in [0.1, 0.15) is 5.84 Å². The number of guanidine groups is 1. The van der Waals surface area contributed by atoms with E-state index in [2.05, 4.69) is 122 Å². The molecule has 0 radical (unpaired) electrons. The normalized spacial score (nSPS) is 20.8. The van der Waals surface area contributed by atoms with E-state index in [1.807, 2.05) is 35.2 Å². The van der Waals surface area contributed by atoms with E-state index in [-0.39, 0.29) is 5.41 Å². The van der Waals surface area contributed by atoms with Gasteiger partial charge in [0.25, 0.3) is 0 Å². The largest absolute Gasteiger partial charge is 0.377 e. The smallest absolute Gasteiger partial charge is 0.193 e. The minimum absolute atomic E-state index is 0.210. The lowest BCUT2D eigenvalue weighted by molar-refractivity contribution is 0.147. The van der Waals surface area contributed by atoms with Crippen LogP contribution in [0.4, 0.5) is 0 Å². The highest BCUT2D eigenvalue weighted by Gasteiger charge is 2.31. The van der Waals surface area contributed by atoms with E-state index >= 15 is 0 Å². The average Bonchev–Trinajstić information content (AvgIpc) is 2.99. The minimum atomic E-state index is 0.210. The van der Waals surface area contributed by atoms with Gasteiger partial charge in [0.15, 0.2) is 5.96 Å². The maximum atomic E-state index is 4.32. The summed E-state index contributed by atoms with van der Waals surface area (Å²) in [4.78, 5) is 15.1. The summed E-state index contributed by atoms with van der Waals surface area (Å²) < 4.78 is 0. The Morgan fingerprint density at radius 1 is 0.622 bits per heavy atom. The van der Waals surface area contributed by atoms with Crippen LogP contribution in [0.1, 0.15) is 112 Å². The highest BCUT2D eigenvalue weighted by Crippen LogP contribution is 2.40. The molecule has 1 saturated heterocycles. The van der Waals surface area contributed by atoms with E-state index in [1.165, 1.54) is 49.9 Å². The fourth-order valence-electron chi connectivity index (χ4n) is 6.61. The van der Waals surface area contributed by atoms with Gasteiger partial charge in [0.2, 0.25) is 0 Å². The highest BCUT2D eigenvalue weighted by molar-refractivity contribution is 5.98. The first-order chi connectivity index (χ1) is 21.0. The second-order valence-corrected chi connectivity index (χ2v) is 15.8. The zero-order valence-electron chi connectivity index (χ0n) is 32.0. The van der Waals surface area contributed by atoms with Crippen LogP contribution in [0.5, 0.6) is 0 Å². The van der Waals surface area contributed by atoms with Crippen molar-refractivity contribution in [1.29, 1.82) is 0 Å². The number of benzene rings is 1. The van der Waals surface area contributed by atoms with Crippen molar-refractivity contribution in [3.8, 4) is 0 Å². The molecule has 1 aromatic carbocycles. The fraction of sp³-hybridized carbons (Fsp3) is 0.763. The molecule has 0 amide bonds. The lowest BCUT2D eigenvalue weighted by atomic mass is 9.69. The van der Waals surface area contributed by atoms with Gasteiger partial charge in [-0.25, -0.2) is 0 Å². The molecule has 1 aliphatic carbocycles. The van der Waals surface area contributed by atoms with Crippen molar-refractivity contribution in [1.82, 2.24) is 20.9 Å². The summed E-state index contributed by atoms with van der Waals surface area (Å²) in [5.74, 6) is 5.58. The number of nitrogens with one attached hydrogen (secondary N) is 3. The van der Waals surface area contributed by atoms with Gasteiger partial charge in [-0.3, -0.25) is 15.0 Å². The molecular formula is C38H71N7. The summed E-state index contributed by atoms with van der Waals surface area (Å²) in [6.07, 6.45) is 7.88. The summed E-state index contributed by atoms with van der Waals surface area (Å²) in [6, 6.07) is 8.55. The number of piperidine rings is 1. The molecule has 1 aliphatic heterocycles. The van der Waals surface area contributed by atoms with Gasteiger partial charge in [0.05, 0.1) is 5.84 Å². The van der Waals surface area contributed by atoms with E-state index in [0.717, 1.165) is 42.3 Å². The Hall–Kier alpha value is -2.57. The Labute approximate surface area is 278 Å². The third-order valence-corrected chi connectivity index (χ3v) is 9.78. The molecular weight excluding hydrogens is 554 g/mol. The van der Waals surface area contributed by atoms with Crippen LogP contribution in [0.15, 0.2) is 39.2 Å². The SMILES string of the molecule is CN=C(NC)C1CCC(C(C)(C)C)CC1.CN=C(NC)N1CCC(C(C)(C)C)CC1.CN=C(NC)c1ccc(C(C)(C)C)cc1. The maximum absolute atomic E-state index is 4.32. The predicted octanol–water partition coefficient (Wildman–Crippen LogP) is 7.62. The number of amidine groups is 2. The molecule has 0 unspecified atom stereocenters. The van der Waals surface area contributed by atoms with E-state index < -0.39 is 0 Å². The van der Waals surface area contributed by atoms with E-state index in [0.29, 0.717) is 16.7 Å². The van der Waals surface area contributed by atoms with Crippen LogP contribution in [-0.4, -0.2) is 77.9 Å². The summed E-state index contributed by atoms with van der Waals surface area (Å²) in [5.41, 5.74) is 3.62. The Morgan fingerprint density at radius 3 is 1.44 bits per heavy atom. The quantitative estimate of drug-likeness (QED) is 0.234. The number of hydrogen-bond donors (Lipinski definition) is 3. The van der Waals surface area contributed by atoms with Crippen LogP contribution >= 0.6 is 0 Å². The molecule has 0 bridgehead atoms. The molecule has 7 heteroatoms. The summed E-state index contributed by atoms with van der Waals surface area (Å²) in [7, 11) is 11.4. The molecule has 45 heavy (non-hydrogen) atoms. The molecule has 2 fully saturated rings. The molecule has 1 saturated carbocycles. The van der Waals surface area contributed by atoms with Crippen LogP contribution in [0.3, 0.4) is 0 Å². The van der Waals surface area contributed by atoms with Crippen molar-refractivity contribution in [3.05, 3.63) is 35.4 Å². The number of nitrogens with zero attached hydrogens (tertiary/aromatic N) is 4. The van der Waals surface area contributed by atoms with Gasteiger partial charge in [-0.2, -0.15) is 0 Å². The monoisotopic (exact) mass is 626 g/mol. The molecule has 7 nitrogen and oxygen atoms in total. The fourth-order valence-corrected chi connectivity index (χ4v) is 6.61. The molecule has 2 aliphatic rings. The van der Waals surface area contributed by atoms with Crippen LogP contribution in [0.25, 0.3) is 0 Å². The first-order valence-corrected chi connectivity index (χ1v) is 17.3. The van der Waals surface area contributed by atoms with Crippen LogP contribution < -0.4 is 16.0 Å². The van der Waals surface area contributed by atoms with Crippen molar-refractivity contribution >= 4 is 17.6 Å². The molecule has 0 atom stereocenters. The number of likely N-dealkylation sites (tertiary alicyclic amines) is 1. The molecule has 3 N–H and O–H groups in total. The van der Waals surface area contributed by atoms with Gasteiger partial charge in [-0.1, -0.05) is 86.6 Å². The van der Waals surface area contributed by atoms with Gasteiger partial charge in [-0.05, 0) is 72.2 Å². The molecule has 3 rings (SSSR count). The first kappa shape index (κ1) is 40.5. The van der Waals surface area contributed by atoms with Crippen molar-refractivity contribution in [2.45, 2.75) is 106 Å². The Morgan fingerprint density at radius 2 is 1.11 bits per heavy atom. The summed E-state index contributed by atoms with van der Waals surface area (Å²) >= 11 is 0. The predicted molar refractivity (Wildman–Crippen MR) is 200 cm³/mol. The van der Waals surface area contributed by atoms with E-state index in [4.69, 9.17) is 0 Å². The maximum Gasteiger partial charge on any atom is 0.193 e. The third kappa shape index (κ3) is 13.4. The minimum Gasteiger partial charge on any atom is -0.377 e. The first-order valence-electron chi connectivity index (χ1n) is 17.3.